The molecule has 1 N–H and O–H groups in total. The topological polar surface area (TPSA) is 124 Å². The number of tetrazole rings is 1. The fourth-order valence-corrected chi connectivity index (χ4v) is 5.46. The Balaban J connectivity index is 1.52. The Morgan fingerprint density at radius 3 is 2.71 bits per heavy atom. The smallest absolute Gasteiger partial charge is 0.327 e. The number of carbonyl (C=O) groups excluding carboxylic acids is 1. The average Bonchev–Trinajstić information content (AvgIpc) is 3.56. The van der Waals surface area contributed by atoms with Gasteiger partial charge in [-0.3, -0.25) is 14.5 Å². The van der Waals surface area contributed by atoms with Crippen LogP contribution in [-0.2, 0) is 29.2 Å². The summed E-state index contributed by atoms with van der Waals surface area (Å²) in [5.41, 5.74) is 1.10. The number of pyridine rings is 1. The van der Waals surface area contributed by atoms with E-state index in [2.05, 4.69) is 45.3 Å². The van der Waals surface area contributed by atoms with Crippen molar-refractivity contribution in [2.75, 3.05) is 19.8 Å². The molecule has 1 aliphatic rings. The first-order valence-corrected chi connectivity index (χ1v) is 13.4. The minimum Gasteiger partial charge on any atom is -0.486 e. The van der Waals surface area contributed by atoms with Crippen molar-refractivity contribution in [3.05, 3.63) is 62.3 Å². The molecule has 1 unspecified atom stereocenters. The molecule has 4 aromatic rings. The van der Waals surface area contributed by atoms with E-state index >= 15 is 0 Å². The van der Waals surface area contributed by atoms with E-state index in [-0.39, 0.29) is 30.7 Å². The van der Waals surface area contributed by atoms with E-state index in [9.17, 15) is 9.59 Å². The number of H-pyrrole nitrogens is 1. The van der Waals surface area contributed by atoms with Gasteiger partial charge in [0.1, 0.15) is 19.8 Å². The fraction of sp³-hybridized carbons (Fsp3) is 0.423. The van der Waals surface area contributed by atoms with Crippen LogP contribution in [0.1, 0.15) is 43.1 Å². The molecule has 0 aliphatic carbocycles. The monoisotopic (exact) mass is 538 g/mol. The third-order valence-corrected chi connectivity index (χ3v) is 7.19. The van der Waals surface area contributed by atoms with Crippen molar-refractivity contribution in [1.29, 1.82) is 0 Å². The van der Waals surface area contributed by atoms with Gasteiger partial charge in [0.15, 0.2) is 17.3 Å². The molecule has 3 aromatic heterocycles. The quantitative estimate of drug-likeness (QED) is 0.303. The zero-order valence-corrected chi connectivity index (χ0v) is 22.4. The Bertz CT molecular complexity index is 1460. The van der Waals surface area contributed by atoms with Gasteiger partial charge < -0.3 is 19.2 Å². The molecule has 4 heterocycles. The number of nitrogens with zero attached hydrogens (tertiary/aromatic N) is 5. The molecule has 0 bridgehead atoms. The maximum Gasteiger partial charge on any atom is 0.327 e. The predicted octanol–water partition coefficient (Wildman–Crippen LogP) is 3.31. The van der Waals surface area contributed by atoms with Crippen LogP contribution in [0, 0.1) is 5.92 Å². The summed E-state index contributed by atoms with van der Waals surface area (Å²) in [5, 5.41) is 15.1. The second kappa shape index (κ2) is 11.3. The number of thiophene rings is 1. The molecule has 1 aromatic carbocycles. The lowest BCUT2D eigenvalue weighted by molar-refractivity contribution is -0.144. The summed E-state index contributed by atoms with van der Waals surface area (Å²) in [5.74, 6) is 1.49. The standard InChI is InChI=1S/C26H30N6O5S/c1-4-35-23(33)15-32-25(28-29-30-32)24(16(2)3)31(14-19-6-5-9-38-19)13-18-10-17-11-21-22(37-8-7-36-21)12-20(17)27-26(18)34/h5-6,9-12,16,24H,4,7-8,13-15H2,1-3H3,(H,27,34). The van der Waals surface area contributed by atoms with Gasteiger partial charge in [-0.05, 0) is 46.8 Å². The van der Waals surface area contributed by atoms with Gasteiger partial charge >= 0.3 is 5.97 Å². The molecule has 0 amide bonds. The van der Waals surface area contributed by atoms with E-state index in [0.717, 1.165) is 10.3 Å². The number of ether oxygens (including phenoxy) is 3. The summed E-state index contributed by atoms with van der Waals surface area (Å²) >= 11 is 1.64. The van der Waals surface area contributed by atoms with Crippen LogP contribution in [0.3, 0.4) is 0 Å². The number of hydrogen-bond donors (Lipinski definition) is 1. The van der Waals surface area contributed by atoms with Gasteiger partial charge in [0.05, 0.1) is 18.2 Å². The second-order valence-corrected chi connectivity index (χ2v) is 10.4. The molecule has 0 fully saturated rings. The summed E-state index contributed by atoms with van der Waals surface area (Å²) in [7, 11) is 0. The zero-order chi connectivity index (χ0) is 26.6. The lowest BCUT2D eigenvalue weighted by Gasteiger charge is -2.33. The van der Waals surface area contributed by atoms with Crippen molar-refractivity contribution in [2.45, 2.75) is 46.4 Å². The van der Waals surface area contributed by atoms with Crippen LogP contribution in [-0.4, -0.2) is 55.9 Å². The van der Waals surface area contributed by atoms with Crippen LogP contribution in [0.5, 0.6) is 11.5 Å². The van der Waals surface area contributed by atoms with Gasteiger partial charge in [0, 0.05) is 35.0 Å². The Morgan fingerprint density at radius 1 is 1.21 bits per heavy atom. The minimum atomic E-state index is -0.408. The van der Waals surface area contributed by atoms with Crippen molar-refractivity contribution in [1.82, 2.24) is 30.1 Å². The Labute approximate surface area is 223 Å². The molecule has 0 spiro atoms. The molecule has 38 heavy (non-hydrogen) atoms. The second-order valence-electron chi connectivity index (χ2n) is 9.38. The number of esters is 1. The molecule has 1 atom stereocenters. The van der Waals surface area contributed by atoms with Crippen LogP contribution < -0.4 is 15.0 Å². The predicted molar refractivity (Wildman–Crippen MR) is 141 cm³/mol. The molecular weight excluding hydrogens is 508 g/mol. The number of aromatic nitrogens is 5. The Morgan fingerprint density at radius 2 is 2.00 bits per heavy atom. The highest BCUT2D eigenvalue weighted by Gasteiger charge is 2.31. The third-order valence-electron chi connectivity index (χ3n) is 6.33. The highest BCUT2D eigenvalue weighted by molar-refractivity contribution is 7.09. The number of rotatable bonds is 10. The van der Waals surface area contributed by atoms with Gasteiger partial charge in [-0.2, -0.15) is 0 Å². The zero-order valence-electron chi connectivity index (χ0n) is 21.5. The SMILES string of the molecule is CCOC(=O)Cn1nnnc1C(C(C)C)N(Cc1cccs1)Cc1cc2cc3c(cc2[nH]c1=O)OCCO3. The first-order chi connectivity index (χ1) is 18.4. The van der Waals surface area contributed by atoms with Crippen molar-refractivity contribution in [3.8, 4) is 11.5 Å². The molecule has 5 rings (SSSR count). The molecule has 1 aliphatic heterocycles. The number of hydrogen-bond acceptors (Lipinski definition) is 10. The lowest BCUT2D eigenvalue weighted by Crippen LogP contribution is -2.35. The number of fused-ring (bicyclic) bond motifs is 2. The highest BCUT2D eigenvalue weighted by Crippen LogP contribution is 2.35. The highest BCUT2D eigenvalue weighted by atomic mass is 32.1. The van der Waals surface area contributed by atoms with Gasteiger partial charge in [-0.15, -0.1) is 16.4 Å². The molecule has 11 nitrogen and oxygen atoms in total. The summed E-state index contributed by atoms with van der Waals surface area (Å²) < 4.78 is 18.0. The average molecular weight is 539 g/mol. The Hall–Kier alpha value is -3.77. The van der Waals surface area contributed by atoms with E-state index < -0.39 is 5.97 Å². The van der Waals surface area contributed by atoms with Crippen molar-refractivity contribution < 1.29 is 19.0 Å². The molecule has 0 saturated heterocycles. The molecule has 12 heteroatoms. The van der Waals surface area contributed by atoms with E-state index in [0.29, 0.717) is 54.7 Å². The third kappa shape index (κ3) is 5.55. The minimum absolute atomic E-state index is 0.0685. The first kappa shape index (κ1) is 25.9. The van der Waals surface area contributed by atoms with Crippen molar-refractivity contribution in [3.63, 3.8) is 0 Å². The normalized spacial score (nSPS) is 13.8. The van der Waals surface area contributed by atoms with Crippen LogP contribution in [0.25, 0.3) is 10.9 Å². The number of nitrogens with one attached hydrogen (secondary N) is 1. The number of aromatic amines is 1. The van der Waals surface area contributed by atoms with E-state index in [4.69, 9.17) is 14.2 Å². The summed E-state index contributed by atoms with van der Waals surface area (Å²) in [4.78, 5) is 31.8. The van der Waals surface area contributed by atoms with Gasteiger partial charge in [-0.1, -0.05) is 19.9 Å². The fourth-order valence-electron chi connectivity index (χ4n) is 4.73. The lowest BCUT2D eigenvalue weighted by atomic mass is 10.00. The van der Waals surface area contributed by atoms with Crippen molar-refractivity contribution >= 4 is 28.2 Å². The summed E-state index contributed by atoms with van der Waals surface area (Å²) in [6.45, 7) is 7.97. The van der Waals surface area contributed by atoms with Crippen molar-refractivity contribution in [2.24, 2.45) is 5.92 Å². The first-order valence-electron chi connectivity index (χ1n) is 12.6. The van der Waals surface area contributed by atoms with Gasteiger partial charge in [0.2, 0.25) is 0 Å². The van der Waals surface area contributed by atoms with E-state index in [1.54, 1.807) is 24.3 Å². The van der Waals surface area contributed by atoms with Gasteiger partial charge in [-0.25, -0.2) is 4.68 Å². The summed E-state index contributed by atoms with van der Waals surface area (Å²) in [6.07, 6.45) is 0. The van der Waals surface area contributed by atoms with Crippen LogP contribution >= 0.6 is 11.3 Å². The summed E-state index contributed by atoms with van der Waals surface area (Å²) in [6, 6.07) is 9.38. The van der Waals surface area contributed by atoms with Crippen LogP contribution in [0.4, 0.5) is 0 Å². The molecule has 0 saturated carbocycles. The van der Waals surface area contributed by atoms with Gasteiger partial charge in [0.25, 0.3) is 5.56 Å². The molecular formula is C26H30N6O5S. The maximum absolute atomic E-state index is 13.2. The number of benzene rings is 1. The molecule has 200 valence electrons. The number of carbonyl (C=O) groups is 1. The van der Waals surface area contributed by atoms with E-state index in [1.165, 1.54) is 4.68 Å². The maximum atomic E-state index is 13.2. The largest absolute Gasteiger partial charge is 0.486 e. The molecule has 0 radical (unpaired) electrons. The van der Waals surface area contributed by atoms with Crippen LogP contribution in [0.2, 0.25) is 0 Å². The Kier molecular flexibility index (Phi) is 7.70. The van der Waals surface area contributed by atoms with Crippen LogP contribution in [0.15, 0.2) is 40.5 Å². The van der Waals surface area contributed by atoms with E-state index in [1.807, 2.05) is 23.6 Å².